The number of anilines is 2. The minimum atomic E-state index is -4.60. The molecule has 0 aliphatic carbocycles. The molecule has 3 amide bonds. The van der Waals surface area contributed by atoms with Gasteiger partial charge in [-0.25, -0.2) is 4.90 Å². The number of nitrogens with zero attached hydrogens (tertiary/aromatic N) is 2. The van der Waals surface area contributed by atoms with E-state index in [-0.39, 0.29) is 5.69 Å². The summed E-state index contributed by atoms with van der Waals surface area (Å²) in [6, 6.07) is 17.2. The lowest BCUT2D eigenvalue weighted by molar-refractivity contribution is -0.137. The molecule has 1 N–H and O–H groups in total. The van der Waals surface area contributed by atoms with Gasteiger partial charge >= 0.3 is 11.0 Å². The number of alkyl halides is 3. The van der Waals surface area contributed by atoms with E-state index in [0.29, 0.717) is 31.2 Å². The maximum absolute atomic E-state index is 13.9. The number of thiazole rings is 1. The fraction of sp³-hybridized carbons (Fsp3) is 0.172. The van der Waals surface area contributed by atoms with Crippen LogP contribution in [-0.4, -0.2) is 27.5 Å². The van der Waals surface area contributed by atoms with E-state index < -0.39 is 58.0 Å². The maximum atomic E-state index is 13.9. The third-order valence-corrected chi connectivity index (χ3v) is 10.2. The first-order chi connectivity index (χ1) is 20.4. The minimum Gasteiger partial charge on any atom is -0.325 e. The normalized spacial score (nSPS) is 19.7. The van der Waals surface area contributed by atoms with Gasteiger partial charge in [0.15, 0.2) is 0 Å². The van der Waals surface area contributed by atoms with Crippen LogP contribution in [0, 0.1) is 5.92 Å². The van der Waals surface area contributed by atoms with Crippen molar-refractivity contribution in [2.75, 3.05) is 10.2 Å². The number of carbonyl (C=O) groups is 3. The molecule has 0 radical (unpaired) electrons. The molecule has 0 spiro atoms. The summed E-state index contributed by atoms with van der Waals surface area (Å²) in [5.74, 6) is -3.20. The van der Waals surface area contributed by atoms with Gasteiger partial charge in [0.1, 0.15) is 11.8 Å². The molecule has 3 heterocycles. The number of amides is 3. The number of rotatable bonds is 5. The van der Waals surface area contributed by atoms with E-state index in [9.17, 15) is 32.3 Å². The first kappa shape index (κ1) is 29.5. The largest absolute Gasteiger partial charge is 0.416 e. The van der Waals surface area contributed by atoms with E-state index in [2.05, 4.69) is 5.32 Å². The van der Waals surface area contributed by atoms with Gasteiger partial charge in [-0.05, 0) is 60.2 Å². The molecule has 43 heavy (non-hydrogen) atoms. The summed E-state index contributed by atoms with van der Waals surface area (Å²) >= 11 is 14.0. The van der Waals surface area contributed by atoms with Crippen molar-refractivity contribution in [3.8, 4) is 0 Å². The number of nitrogens with one attached hydrogen (secondary N) is 1. The zero-order chi connectivity index (χ0) is 30.6. The number of hydrogen-bond donors (Lipinski definition) is 1. The van der Waals surface area contributed by atoms with E-state index in [0.717, 1.165) is 40.1 Å². The lowest BCUT2D eigenvalue weighted by atomic mass is 9.83. The second-order valence-corrected chi connectivity index (χ2v) is 12.8. The molecule has 1 saturated heterocycles. The van der Waals surface area contributed by atoms with Crippen LogP contribution in [0.4, 0.5) is 24.5 Å². The van der Waals surface area contributed by atoms with Crippen LogP contribution in [0.1, 0.15) is 21.9 Å². The van der Waals surface area contributed by atoms with Gasteiger partial charge in [-0.1, -0.05) is 64.5 Å². The van der Waals surface area contributed by atoms with Gasteiger partial charge in [0, 0.05) is 26.5 Å². The van der Waals surface area contributed by atoms with E-state index in [1.165, 1.54) is 16.7 Å². The van der Waals surface area contributed by atoms with Crippen molar-refractivity contribution in [2.24, 2.45) is 5.92 Å². The van der Waals surface area contributed by atoms with Gasteiger partial charge in [-0.2, -0.15) is 13.2 Å². The van der Waals surface area contributed by atoms with Gasteiger partial charge in [-0.3, -0.25) is 23.7 Å². The Kier molecular flexibility index (Phi) is 7.66. The molecule has 0 unspecified atom stereocenters. The van der Waals surface area contributed by atoms with E-state index in [1.807, 2.05) is 0 Å². The zero-order valence-electron chi connectivity index (χ0n) is 21.6. The number of hydrogen-bond acceptors (Lipinski definition) is 6. The predicted molar refractivity (Wildman–Crippen MR) is 159 cm³/mol. The van der Waals surface area contributed by atoms with E-state index in [4.69, 9.17) is 23.2 Å². The number of aromatic nitrogens is 1. The van der Waals surface area contributed by atoms with E-state index >= 15 is 0 Å². The molecule has 2 aliphatic rings. The molecule has 14 heteroatoms. The van der Waals surface area contributed by atoms with E-state index in [1.54, 1.807) is 48.5 Å². The van der Waals surface area contributed by atoms with Crippen LogP contribution in [0.3, 0.4) is 0 Å². The summed E-state index contributed by atoms with van der Waals surface area (Å²) < 4.78 is 40.6. The van der Waals surface area contributed by atoms with Gasteiger partial charge in [0.25, 0.3) is 0 Å². The molecule has 1 aromatic heterocycles. The lowest BCUT2D eigenvalue weighted by Gasteiger charge is -2.30. The number of benzene rings is 3. The highest BCUT2D eigenvalue weighted by Crippen LogP contribution is 2.54. The van der Waals surface area contributed by atoms with Crippen LogP contribution in [-0.2, 0) is 27.1 Å². The Hall–Kier alpha value is -3.58. The second kappa shape index (κ2) is 11.2. The number of carbonyl (C=O) groups excluding carboxylic acids is 3. The third-order valence-electron chi connectivity index (χ3n) is 7.14. The summed E-state index contributed by atoms with van der Waals surface area (Å²) in [5, 5.41) is 2.73. The molecule has 4 aromatic rings. The number of thioether (sulfide) groups is 1. The number of halogens is 5. The van der Waals surface area contributed by atoms with Crippen LogP contribution < -0.4 is 15.1 Å². The Morgan fingerprint density at radius 2 is 1.56 bits per heavy atom. The van der Waals surface area contributed by atoms with Crippen molar-refractivity contribution in [3.63, 3.8) is 0 Å². The van der Waals surface area contributed by atoms with Gasteiger partial charge in [-0.15, -0.1) is 0 Å². The van der Waals surface area contributed by atoms with Crippen LogP contribution in [0.2, 0.25) is 10.0 Å². The summed E-state index contributed by atoms with van der Waals surface area (Å²) in [6.45, 7) is -0.512. The molecule has 0 saturated carbocycles. The Bertz CT molecular complexity index is 1820. The molecule has 7 nitrogen and oxygen atoms in total. The van der Waals surface area contributed by atoms with Crippen molar-refractivity contribution >= 4 is 75.4 Å². The van der Waals surface area contributed by atoms with Crippen molar-refractivity contribution in [2.45, 2.75) is 28.9 Å². The molecule has 1 fully saturated rings. The average molecular weight is 665 g/mol. The zero-order valence-corrected chi connectivity index (χ0v) is 24.7. The lowest BCUT2D eigenvalue weighted by Crippen LogP contribution is -2.33. The predicted octanol–water partition coefficient (Wildman–Crippen LogP) is 6.67. The Balaban J connectivity index is 1.37. The monoisotopic (exact) mass is 663 g/mol. The Morgan fingerprint density at radius 1 is 0.907 bits per heavy atom. The number of fused-ring (bicyclic) bond motifs is 2. The van der Waals surface area contributed by atoms with Crippen molar-refractivity contribution < 1.29 is 27.6 Å². The summed E-state index contributed by atoms with van der Waals surface area (Å²) in [7, 11) is 0. The quantitative estimate of drug-likeness (QED) is 0.241. The van der Waals surface area contributed by atoms with Crippen LogP contribution in [0.25, 0.3) is 0 Å². The topological polar surface area (TPSA) is 88.5 Å². The van der Waals surface area contributed by atoms with Gasteiger partial charge < -0.3 is 5.32 Å². The standard InChI is InChI=1S/C29H18Cl2F3N3O4S2/c30-16-6-4-14(5-7-16)21-22-23(26(40)37(25(22)39)19-10-8-17(31)9-11-19)42-27-24(21)43-28(41)36(27)13-20(38)35-18-3-1-2-15(12-18)29(32,33)34/h1-12,21-23H,13H2,(H,35,38)/t21-,22-,23+/m0/s1. The van der Waals surface area contributed by atoms with Crippen molar-refractivity contribution in [1.82, 2.24) is 4.57 Å². The van der Waals surface area contributed by atoms with Crippen LogP contribution >= 0.6 is 46.3 Å². The maximum Gasteiger partial charge on any atom is 0.416 e. The summed E-state index contributed by atoms with van der Waals surface area (Å²) in [5.41, 5.74) is -0.0105. The highest BCUT2D eigenvalue weighted by molar-refractivity contribution is 8.00. The fourth-order valence-corrected chi connectivity index (χ4v) is 8.27. The highest BCUT2D eigenvalue weighted by Gasteiger charge is 2.56. The molecular formula is C29H18Cl2F3N3O4S2. The summed E-state index contributed by atoms with van der Waals surface area (Å²) in [4.78, 5) is 54.9. The van der Waals surface area contributed by atoms with Crippen LogP contribution in [0.15, 0.2) is 82.6 Å². The first-order valence-electron chi connectivity index (χ1n) is 12.7. The molecular weight excluding hydrogens is 646 g/mol. The molecule has 2 aliphatic heterocycles. The third kappa shape index (κ3) is 5.48. The first-order valence-corrected chi connectivity index (χ1v) is 15.1. The second-order valence-electron chi connectivity index (χ2n) is 9.83. The fourth-order valence-electron chi connectivity index (χ4n) is 5.25. The minimum absolute atomic E-state index is 0.0843. The number of imide groups is 1. The SMILES string of the molecule is O=C(Cn1c2c(sc1=O)[C@@H](c1ccc(Cl)cc1)[C@@H]1C(=O)N(c3ccc(Cl)cc3)C(=O)[C@@H]1S2)Nc1cccc(C(F)(F)F)c1. The molecule has 0 bridgehead atoms. The molecule has 3 aromatic carbocycles. The van der Waals surface area contributed by atoms with Gasteiger partial charge in [0.2, 0.25) is 17.7 Å². The molecule has 220 valence electrons. The average Bonchev–Trinajstić information content (AvgIpc) is 3.40. The van der Waals surface area contributed by atoms with Crippen molar-refractivity contribution in [1.29, 1.82) is 0 Å². The smallest absolute Gasteiger partial charge is 0.325 e. The summed E-state index contributed by atoms with van der Waals surface area (Å²) in [6.07, 6.45) is -4.60. The molecule has 3 atom stereocenters. The van der Waals surface area contributed by atoms with Gasteiger partial charge in [0.05, 0.1) is 22.2 Å². The van der Waals surface area contributed by atoms with Crippen molar-refractivity contribution in [3.05, 3.63) is 109 Å². The van der Waals surface area contributed by atoms with Crippen LogP contribution in [0.5, 0.6) is 0 Å². The Labute approximate surface area is 260 Å². The highest BCUT2D eigenvalue weighted by atomic mass is 35.5. The molecule has 6 rings (SSSR count). The Morgan fingerprint density at radius 3 is 2.21 bits per heavy atom.